The highest BCUT2D eigenvalue weighted by Gasteiger charge is 2.61. The Morgan fingerprint density at radius 1 is 1.08 bits per heavy atom. The number of ether oxygens (including phenoxy) is 1. The van der Waals surface area contributed by atoms with E-state index in [4.69, 9.17) is 9.57 Å². The van der Waals surface area contributed by atoms with E-state index in [2.05, 4.69) is 24.3 Å². The molecule has 0 saturated heterocycles. The molecule has 0 radical (unpaired) electrons. The van der Waals surface area contributed by atoms with Gasteiger partial charge >= 0.3 is 0 Å². The first-order chi connectivity index (χ1) is 11.5. The highest BCUT2D eigenvalue weighted by molar-refractivity contribution is 5.82. The van der Waals surface area contributed by atoms with Gasteiger partial charge in [-0.25, -0.2) is 5.06 Å². The fraction of sp³-hybridized carbons (Fsp3) is 0.650. The van der Waals surface area contributed by atoms with E-state index in [9.17, 15) is 4.79 Å². The van der Waals surface area contributed by atoms with Crippen LogP contribution < -0.4 is 4.74 Å². The summed E-state index contributed by atoms with van der Waals surface area (Å²) in [5, 5.41) is 1.45. The molecule has 4 aliphatic rings. The third-order valence-corrected chi connectivity index (χ3v) is 6.78. The Balaban J connectivity index is 1.71. The van der Waals surface area contributed by atoms with Crippen LogP contribution in [0.1, 0.15) is 44.1 Å². The summed E-state index contributed by atoms with van der Waals surface area (Å²) >= 11 is 0. The molecule has 130 valence electrons. The molecular weight excluding hydrogens is 302 g/mol. The van der Waals surface area contributed by atoms with Crippen molar-refractivity contribution < 1.29 is 14.4 Å². The SMILES string of the molecule is COc1ccc(C23C[C@H]4C[C@@H](CC(C(=O)N(C)OC)(C4)C2)C3)cc1. The monoisotopic (exact) mass is 329 g/mol. The lowest BCUT2D eigenvalue weighted by Gasteiger charge is -2.61. The summed E-state index contributed by atoms with van der Waals surface area (Å²) in [6, 6.07) is 8.54. The normalized spacial score (nSPS) is 36.6. The first-order valence-electron chi connectivity index (χ1n) is 8.97. The Labute approximate surface area is 144 Å². The summed E-state index contributed by atoms with van der Waals surface area (Å²) in [6.07, 6.45) is 6.78. The third kappa shape index (κ3) is 2.26. The Kier molecular flexibility index (Phi) is 3.64. The predicted molar refractivity (Wildman–Crippen MR) is 91.6 cm³/mol. The fourth-order valence-electron chi connectivity index (χ4n) is 6.21. The van der Waals surface area contributed by atoms with Crippen molar-refractivity contribution in [2.24, 2.45) is 17.3 Å². The van der Waals surface area contributed by atoms with Gasteiger partial charge < -0.3 is 4.74 Å². The molecule has 4 aliphatic carbocycles. The summed E-state index contributed by atoms with van der Waals surface area (Å²) in [5.74, 6) is 2.41. The second-order valence-corrected chi connectivity index (χ2v) is 8.24. The number of nitrogens with zero attached hydrogens (tertiary/aromatic N) is 1. The molecule has 1 aromatic carbocycles. The van der Waals surface area contributed by atoms with Gasteiger partial charge in [-0.2, -0.15) is 0 Å². The van der Waals surface area contributed by atoms with Crippen molar-refractivity contribution >= 4 is 5.91 Å². The predicted octanol–water partition coefficient (Wildman–Crippen LogP) is 3.55. The number of methoxy groups -OCH3 is 1. The van der Waals surface area contributed by atoms with Gasteiger partial charge in [0.15, 0.2) is 0 Å². The largest absolute Gasteiger partial charge is 0.497 e. The third-order valence-electron chi connectivity index (χ3n) is 6.78. The summed E-state index contributed by atoms with van der Waals surface area (Å²) in [5.41, 5.74) is 1.31. The van der Waals surface area contributed by atoms with Crippen LogP contribution in [-0.4, -0.2) is 32.2 Å². The highest BCUT2D eigenvalue weighted by atomic mass is 16.7. The minimum atomic E-state index is -0.227. The topological polar surface area (TPSA) is 38.8 Å². The molecule has 1 amide bonds. The number of benzene rings is 1. The van der Waals surface area contributed by atoms with Gasteiger partial charge in [-0.3, -0.25) is 9.63 Å². The second kappa shape index (κ2) is 5.48. The molecular formula is C20H27NO3. The van der Waals surface area contributed by atoms with E-state index >= 15 is 0 Å². The summed E-state index contributed by atoms with van der Waals surface area (Å²) in [7, 11) is 5.03. The van der Waals surface area contributed by atoms with Crippen LogP contribution in [0.4, 0.5) is 0 Å². The van der Waals surface area contributed by atoms with Crippen LogP contribution in [0.2, 0.25) is 0 Å². The second-order valence-electron chi connectivity index (χ2n) is 8.24. The molecule has 24 heavy (non-hydrogen) atoms. The van der Waals surface area contributed by atoms with E-state index in [1.54, 1.807) is 21.3 Å². The van der Waals surface area contributed by atoms with Gasteiger partial charge in [0.25, 0.3) is 5.91 Å². The lowest BCUT2D eigenvalue weighted by atomic mass is 9.42. The van der Waals surface area contributed by atoms with E-state index in [0.717, 1.165) is 25.0 Å². The van der Waals surface area contributed by atoms with Crippen LogP contribution in [0.3, 0.4) is 0 Å². The minimum absolute atomic E-state index is 0.153. The number of carbonyl (C=O) groups is 1. The van der Waals surface area contributed by atoms with Gasteiger partial charge in [-0.15, -0.1) is 0 Å². The van der Waals surface area contributed by atoms with Crippen LogP contribution in [0.15, 0.2) is 24.3 Å². The fourth-order valence-corrected chi connectivity index (χ4v) is 6.21. The Hall–Kier alpha value is -1.55. The van der Waals surface area contributed by atoms with Crippen molar-refractivity contribution in [3.05, 3.63) is 29.8 Å². The zero-order valence-electron chi connectivity index (χ0n) is 14.9. The van der Waals surface area contributed by atoms with Gasteiger partial charge in [-0.05, 0) is 73.5 Å². The van der Waals surface area contributed by atoms with Gasteiger partial charge in [0.1, 0.15) is 5.75 Å². The van der Waals surface area contributed by atoms with Crippen molar-refractivity contribution in [1.82, 2.24) is 5.06 Å². The summed E-state index contributed by atoms with van der Waals surface area (Å²) in [6.45, 7) is 0. The van der Waals surface area contributed by atoms with Crippen molar-refractivity contribution in [3.63, 3.8) is 0 Å². The van der Waals surface area contributed by atoms with Crippen LogP contribution >= 0.6 is 0 Å². The summed E-state index contributed by atoms with van der Waals surface area (Å²) in [4.78, 5) is 18.3. The van der Waals surface area contributed by atoms with E-state index in [1.165, 1.54) is 29.9 Å². The molecule has 1 aromatic rings. The number of hydrogen-bond donors (Lipinski definition) is 0. The molecule has 2 atom stereocenters. The van der Waals surface area contributed by atoms with Crippen molar-refractivity contribution in [2.45, 2.75) is 43.9 Å². The molecule has 0 aliphatic heterocycles. The molecule has 5 rings (SSSR count). The quantitative estimate of drug-likeness (QED) is 0.793. The average molecular weight is 329 g/mol. The first kappa shape index (κ1) is 15.9. The maximum Gasteiger partial charge on any atom is 0.252 e. The van der Waals surface area contributed by atoms with Crippen molar-refractivity contribution in [1.29, 1.82) is 0 Å². The Morgan fingerprint density at radius 3 is 2.25 bits per heavy atom. The molecule has 4 heteroatoms. The lowest BCUT2D eigenvalue weighted by Crippen LogP contribution is -2.59. The lowest BCUT2D eigenvalue weighted by molar-refractivity contribution is -0.195. The maximum atomic E-state index is 13.1. The zero-order chi connectivity index (χ0) is 16.9. The number of hydrogen-bond acceptors (Lipinski definition) is 3. The van der Waals surface area contributed by atoms with Crippen molar-refractivity contribution in [3.8, 4) is 5.75 Å². The number of carbonyl (C=O) groups excluding carboxylic acids is 1. The molecule has 4 fully saturated rings. The van der Waals surface area contributed by atoms with E-state index in [-0.39, 0.29) is 16.7 Å². The van der Waals surface area contributed by atoms with Gasteiger partial charge in [0.2, 0.25) is 0 Å². The molecule has 4 saturated carbocycles. The van der Waals surface area contributed by atoms with Crippen LogP contribution in [0, 0.1) is 17.3 Å². The number of hydroxylamine groups is 2. The van der Waals surface area contributed by atoms with E-state index in [0.29, 0.717) is 11.8 Å². The Bertz CT molecular complexity index is 625. The molecule has 0 heterocycles. The van der Waals surface area contributed by atoms with Crippen LogP contribution in [0.5, 0.6) is 5.75 Å². The number of rotatable bonds is 4. The molecule has 0 N–H and O–H groups in total. The van der Waals surface area contributed by atoms with Gasteiger partial charge in [-0.1, -0.05) is 12.1 Å². The maximum absolute atomic E-state index is 13.1. The Morgan fingerprint density at radius 2 is 1.71 bits per heavy atom. The van der Waals surface area contributed by atoms with E-state index in [1.807, 2.05) is 0 Å². The van der Waals surface area contributed by atoms with Crippen LogP contribution in [0.25, 0.3) is 0 Å². The van der Waals surface area contributed by atoms with Gasteiger partial charge in [0, 0.05) is 7.05 Å². The molecule has 0 unspecified atom stereocenters. The molecule has 0 aromatic heterocycles. The van der Waals surface area contributed by atoms with Crippen molar-refractivity contribution in [2.75, 3.05) is 21.3 Å². The minimum Gasteiger partial charge on any atom is -0.497 e. The molecule has 4 nitrogen and oxygen atoms in total. The first-order valence-corrected chi connectivity index (χ1v) is 8.97. The van der Waals surface area contributed by atoms with Crippen LogP contribution in [-0.2, 0) is 15.0 Å². The van der Waals surface area contributed by atoms with E-state index < -0.39 is 0 Å². The summed E-state index contributed by atoms with van der Waals surface area (Å²) < 4.78 is 5.31. The highest BCUT2D eigenvalue weighted by Crippen LogP contribution is 2.66. The number of amides is 1. The zero-order valence-corrected chi connectivity index (χ0v) is 14.9. The average Bonchev–Trinajstić information content (AvgIpc) is 2.59. The standard InChI is InChI=1S/C20H27NO3/c1-21(24-3)18(22)20-11-14-8-15(12-20)10-19(9-14,13-20)16-4-6-17(23-2)7-5-16/h4-7,14-15H,8-13H2,1-3H3/t14-,15-,19?,20?/m1/s1. The molecule has 4 bridgehead atoms. The smallest absolute Gasteiger partial charge is 0.252 e. The van der Waals surface area contributed by atoms with Gasteiger partial charge in [0.05, 0.1) is 19.6 Å². The molecule has 0 spiro atoms.